The van der Waals surface area contributed by atoms with Crippen molar-refractivity contribution < 1.29 is 14.3 Å². The van der Waals surface area contributed by atoms with E-state index in [2.05, 4.69) is 15.3 Å². The molecule has 0 aromatic carbocycles. The third kappa shape index (κ3) is 3.44. The van der Waals surface area contributed by atoms with Crippen LogP contribution in [0, 0.1) is 6.92 Å². The van der Waals surface area contributed by atoms with Gasteiger partial charge in [0.1, 0.15) is 5.69 Å². The molecule has 0 saturated heterocycles. The first-order chi connectivity index (χ1) is 10.9. The van der Waals surface area contributed by atoms with Crippen LogP contribution in [0.1, 0.15) is 64.5 Å². The number of hydrogen-bond donors (Lipinski definition) is 2. The van der Waals surface area contributed by atoms with Crippen molar-refractivity contribution in [2.45, 2.75) is 40.0 Å². The number of thiazole rings is 1. The Morgan fingerprint density at radius 1 is 1.43 bits per heavy atom. The molecule has 23 heavy (non-hydrogen) atoms. The normalized spacial score (nSPS) is 10.9. The lowest BCUT2D eigenvalue weighted by molar-refractivity contribution is 0.0599. The van der Waals surface area contributed by atoms with Crippen molar-refractivity contribution in [3.8, 4) is 0 Å². The SMILES string of the molecule is CCc1[nH]c(C(=O)Nc2nc(C(C)C)cs2)c(C)c1C(=O)OC. The maximum Gasteiger partial charge on any atom is 0.339 e. The van der Waals surface area contributed by atoms with Crippen molar-refractivity contribution >= 4 is 28.3 Å². The van der Waals surface area contributed by atoms with Crippen LogP contribution in [0.4, 0.5) is 5.13 Å². The molecule has 2 heterocycles. The van der Waals surface area contributed by atoms with Crippen molar-refractivity contribution in [3.63, 3.8) is 0 Å². The monoisotopic (exact) mass is 335 g/mol. The number of rotatable bonds is 5. The van der Waals surface area contributed by atoms with Crippen LogP contribution in [0.2, 0.25) is 0 Å². The number of aryl methyl sites for hydroxylation is 1. The molecule has 2 aromatic rings. The van der Waals surface area contributed by atoms with Gasteiger partial charge in [-0.1, -0.05) is 20.8 Å². The van der Waals surface area contributed by atoms with E-state index in [0.29, 0.717) is 40.0 Å². The highest BCUT2D eigenvalue weighted by atomic mass is 32.1. The summed E-state index contributed by atoms with van der Waals surface area (Å²) in [6, 6.07) is 0. The highest BCUT2D eigenvalue weighted by molar-refractivity contribution is 7.14. The zero-order valence-corrected chi connectivity index (χ0v) is 14.8. The number of nitrogens with one attached hydrogen (secondary N) is 2. The molecule has 0 fully saturated rings. The lowest BCUT2D eigenvalue weighted by atomic mass is 10.1. The summed E-state index contributed by atoms with van der Waals surface area (Å²) in [5.41, 5.74) is 3.03. The van der Waals surface area contributed by atoms with Gasteiger partial charge in [-0.25, -0.2) is 9.78 Å². The Hall–Kier alpha value is -2.15. The molecule has 0 bridgehead atoms. The van der Waals surface area contributed by atoms with Crippen LogP contribution in [0.3, 0.4) is 0 Å². The van der Waals surface area contributed by atoms with Gasteiger partial charge in [-0.15, -0.1) is 11.3 Å². The third-order valence-corrected chi connectivity index (χ3v) is 4.41. The second kappa shape index (κ2) is 6.95. The molecule has 6 nitrogen and oxygen atoms in total. The smallest absolute Gasteiger partial charge is 0.339 e. The number of carbonyl (C=O) groups excluding carboxylic acids is 2. The second-order valence-electron chi connectivity index (χ2n) is 5.51. The fourth-order valence-corrected chi connectivity index (χ4v) is 3.16. The second-order valence-corrected chi connectivity index (χ2v) is 6.37. The van der Waals surface area contributed by atoms with E-state index < -0.39 is 5.97 Å². The van der Waals surface area contributed by atoms with Crippen LogP contribution in [0.25, 0.3) is 0 Å². The molecule has 0 aliphatic heterocycles. The van der Waals surface area contributed by atoms with E-state index in [1.807, 2.05) is 26.2 Å². The zero-order valence-electron chi connectivity index (χ0n) is 13.9. The Morgan fingerprint density at radius 3 is 2.65 bits per heavy atom. The predicted molar refractivity (Wildman–Crippen MR) is 90.4 cm³/mol. The number of esters is 1. The lowest BCUT2D eigenvalue weighted by Crippen LogP contribution is -2.14. The Labute approximate surface area is 139 Å². The van der Waals surface area contributed by atoms with E-state index in [-0.39, 0.29) is 5.91 Å². The molecule has 2 N–H and O–H groups in total. The maximum atomic E-state index is 12.5. The molecule has 0 atom stereocenters. The van der Waals surface area contributed by atoms with E-state index in [9.17, 15) is 9.59 Å². The first-order valence-corrected chi connectivity index (χ1v) is 8.33. The van der Waals surface area contributed by atoms with Gasteiger partial charge >= 0.3 is 5.97 Å². The fraction of sp³-hybridized carbons (Fsp3) is 0.438. The van der Waals surface area contributed by atoms with E-state index >= 15 is 0 Å². The van der Waals surface area contributed by atoms with Gasteiger partial charge in [-0.2, -0.15) is 0 Å². The summed E-state index contributed by atoms with van der Waals surface area (Å²) in [4.78, 5) is 31.8. The molecular weight excluding hydrogens is 314 g/mol. The maximum absolute atomic E-state index is 12.5. The minimum Gasteiger partial charge on any atom is -0.465 e. The topological polar surface area (TPSA) is 84.1 Å². The van der Waals surface area contributed by atoms with Crippen LogP contribution >= 0.6 is 11.3 Å². The van der Waals surface area contributed by atoms with Crippen molar-refractivity contribution in [1.29, 1.82) is 0 Å². The number of ether oxygens (including phenoxy) is 1. The third-order valence-electron chi connectivity index (χ3n) is 3.63. The van der Waals surface area contributed by atoms with E-state index in [1.54, 1.807) is 6.92 Å². The number of aromatic amines is 1. The number of anilines is 1. The standard InChI is InChI=1S/C16H21N3O3S/c1-6-10-12(15(21)22-5)9(4)13(17-10)14(20)19-16-18-11(7-23-16)8(2)3/h7-8,17H,6H2,1-5H3,(H,18,19,20). The van der Waals surface area contributed by atoms with Crippen LogP contribution in [0.15, 0.2) is 5.38 Å². The van der Waals surface area contributed by atoms with Gasteiger partial charge in [0.25, 0.3) is 5.91 Å². The molecular formula is C16H21N3O3S. The lowest BCUT2D eigenvalue weighted by Gasteiger charge is -2.02. The number of nitrogens with zero attached hydrogens (tertiary/aromatic N) is 1. The van der Waals surface area contributed by atoms with Crippen molar-refractivity contribution in [2.24, 2.45) is 0 Å². The summed E-state index contributed by atoms with van der Waals surface area (Å²) < 4.78 is 4.80. The summed E-state index contributed by atoms with van der Waals surface area (Å²) in [5.74, 6) is -0.440. The number of hydrogen-bond acceptors (Lipinski definition) is 5. The Kier molecular flexibility index (Phi) is 5.20. The highest BCUT2D eigenvalue weighted by Gasteiger charge is 2.24. The Morgan fingerprint density at radius 2 is 2.13 bits per heavy atom. The van der Waals surface area contributed by atoms with Gasteiger partial charge in [-0.05, 0) is 24.8 Å². The van der Waals surface area contributed by atoms with Gasteiger partial charge in [-0.3, -0.25) is 10.1 Å². The average Bonchev–Trinajstić information content (AvgIpc) is 3.10. The summed E-state index contributed by atoms with van der Waals surface area (Å²) >= 11 is 1.39. The Balaban J connectivity index is 2.28. The molecule has 1 amide bonds. The van der Waals surface area contributed by atoms with Crippen LogP contribution in [0.5, 0.6) is 0 Å². The first kappa shape index (κ1) is 17.2. The summed E-state index contributed by atoms with van der Waals surface area (Å²) in [5, 5.41) is 5.26. The molecule has 124 valence electrons. The molecule has 7 heteroatoms. The molecule has 0 unspecified atom stereocenters. The van der Waals surface area contributed by atoms with E-state index in [1.165, 1.54) is 18.4 Å². The van der Waals surface area contributed by atoms with E-state index in [0.717, 1.165) is 5.69 Å². The molecule has 0 saturated carbocycles. The zero-order chi connectivity index (χ0) is 17.1. The minimum atomic E-state index is -0.439. The van der Waals surface area contributed by atoms with Gasteiger partial charge in [0.2, 0.25) is 0 Å². The van der Waals surface area contributed by atoms with Gasteiger partial charge in [0.15, 0.2) is 5.13 Å². The number of aromatic nitrogens is 2. The van der Waals surface area contributed by atoms with Gasteiger partial charge in [0.05, 0.1) is 18.4 Å². The first-order valence-electron chi connectivity index (χ1n) is 7.45. The largest absolute Gasteiger partial charge is 0.465 e. The number of carbonyl (C=O) groups is 2. The Bertz CT molecular complexity index is 731. The van der Waals surface area contributed by atoms with Crippen LogP contribution in [-0.2, 0) is 11.2 Å². The van der Waals surface area contributed by atoms with E-state index in [4.69, 9.17) is 4.74 Å². The van der Waals surface area contributed by atoms with Crippen molar-refractivity contribution in [3.05, 3.63) is 33.6 Å². The average molecular weight is 335 g/mol. The highest BCUT2D eigenvalue weighted by Crippen LogP contribution is 2.24. The fourth-order valence-electron chi connectivity index (χ4n) is 2.30. The summed E-state index contributed by atoms with van der Waals surface area (Å²) in [7, 11) is 1.33. The molecule has 2 aromatic heterocycles. The molecule has 0 aliphatic rings. The number of methoxy groups -OCH3 is 1. The van der Waals surface area contributed by atoms with Crippen LogP contribution < -0.4 is 5.32 Å². The number of H-pyrrole nitrogens is 1. The summed E-state index contributed by atoms with van der Waals surface area (Å²) in [6.45, 7) is 7.74. The number of amides is 1. The predicted octanol–water partition coefficient (Wildman–Crippen LogP) is 3.50. The minimum absolute atomic E-state index is 0.307. The van der Waals surface area contributed by atoms with Crippen LogP contribution in [-0.4, -0.2) is 29.0 Å². The molecule has 0 aliphatic carbocycles. The quantitative estimate of drug-likeness (QED) is 0.819. The molecule has 2 rings (SSSR count). The molecule has 0 radical (unpaired) electrons. The van der Waals surface area contributed by atoms with Gasteiger partial charge < -0.3 is 9.72 Å². The summed E-state index contributed by atoms with van der Waals surface area (Å²) in [6.07, 6.45) is 0.604. The van der Waals surface area contributed by atoms with Gasteiger partial charge in [0, 0.05) is 11.1 Å². The van der Waals surface area contributed by atoms with Crippen molar-refractivity contribution in [1.82, 2.24) is 9.97 Å². The molecule has 0 spiro atoms. The van der Waals surface area contributed by atoms with Crippen molar-refractivity contribution in [2.75, 3.05) is 12.4 Å².